The largest absolute Gasteiger partial charge is 0.481 e. The summed E-state index contributed by atoms with van der Waals surface area (Å²) in [7, 11) is 1.29. The number of rotatable bonds is 7. The van der Waals surface area contributed by atoms with Gasteiger partial charge in [-0.25, -0.2) is 4.79 Å². The lowest BCUT2D eigenvalue weighted by Crippen LogP contribution is -2.38. The summed E-state index contributed by atoms with van der Waals surface area (Å²) < 4.78 is 10.0. The number of hydrogen-bond donors (Lipinski definition) is 1. The second-order valence-electron chi connectivity index (χ2n) is 3.92. The quantitative estimate of drug-likeness (QED) is 0.456. The van der Waals surface area contributed by atoms with Gasteiger partial charge >= 0.3 is 5.97 Å². The topological polar surface area (TPSA) is 64.6 Å². The van der Waals surface area contributed by atoms with E-state index in [1.807, 2.05) is 12.1 Å². The van der Waals surface area contributed by atoms with Crippen molar-refractivity contribution in [2.24, 2.45) is 0 Å². The Morgan fingerprint density at radius 2 is 2.10 bits per heavy atom. The predicted molar refractivity (Wildman–Crippen MR) is 74.1 cm³/mol. The van der Waals surface area contributed by atoms with Crippen LogP contribution >= 0.6 is 0 Å². The molecule has 106 valence electrons. The number of benzene rings is 1. The van der Waals surface area contributed by atoms with Gasteiger partial charge in [-0.15, -0.1) is 5.92 Å². The van der Waals surface area contributed by atoms with Crippen molar-refractivity contribution in [2.75, 3.05) is 13.7 Å². The number of carbonyl (C=O) groups excluding carboxylic acids is 2. The van der Waals surface area contributed by atoms with E-state index in [0.29, 0.717) is 25.2 Å². The van der Waals surface area contributed by atoms with Crippen LogP contribution in [0.5, 0.6) is 5.75 Å². The number of ether oxygens (including phenoxy) is 2. The molecule has 0 bridgehead atoms. The number of nitrogens with one attached hydrogen (secondary N) is 1. The van der Waals surface area contributed by atoms with Crippen molar-refractivity contribution in [3.63, 3.8) is 0 Å². The van der Waals surface area contributed by atoms with E-state index in [1.54, 1.807) is 19.1 Å². The highest BCUT2D eigenvalue weighted by molar-refractivity contribution is 5.78. The number of hydrogen-bond acceptors (Lipinski definition) is 4. The molecule has 0 aliphatic heterocycles. The van der Waals surface area contributed by atoms with Gasteiger partial charge in [-0.2, -0.15) is 0 Å². The molecule has 1 N–H and O–H groups in total. The first-order valence-corrected chi connectivity index (χ1v) is 6.10. The van der Waals surface area contributed by atoms with Crippen LogP contribution in [0.1, 0.15) is 12.5 Å². The van der Waals surface area contributed by atoms with Gasteiger partial charge in [-0.3, -0.25) is 4.79 Å². The van der Waals surface area contributed by atoms with E-state index in [9.17, 15) is 9.59 Å². The van der Waals surface area contributed by atoms with Gasteiger partial charge in [0, 0.05) is 6.42 Å². The molecule has 20 heavy (non-hydrogen) atoms. The van der Waals surface area contributed by atoms with Gasteiger partial charge in [-0.05, 0) is 24.6 Å². The minimum atomic E-state index is -0.685. The highest BCUT2D eigenvalue weighted by Crippen LogP contribution is 2.13. The maximum absolute atomic E-state index is 11.5. The van der Waals surface area contributed by atoms with Crippen molar-refractivity contribution in [1.82, 2.24) is 5.32 Å². The van der Waals surface area contributed by atoms with Crippen LogP contribution in [-0.2, 0) is 20.7 Å². The third kappa shape index (κ3) is 5.02. The Morgan fingerprint density at radius 1 is 1.40 bits per heavy atom. The highest BCUT2D eigenvalue weighted by Gasteiger charge is 2.18. The lowest BCUT2D eigenvalue weighted by atomic mass is 10.1. The fourth-order valence-electron chi connectivity index (χ4n) is 1.58. The molecule has 0 aliphatic rings. The summed E-state index contributed by atoms with van der Waals surface area (Å²) in [5.41, 5.74) is 0.892. The molecule has 0 heterocycles. The Labute approximate surface area is 118 Å². The first-order valence-electron chi connectivity index (χ1n) is 6.10. The summed E-state index contributed by atoms with van der Waals surface area (Å²) >= 11 is 0. The minimum Gasteiger partial charge on any atom is -0.481 e. The van der Waals surface area contributed by atoms with E-state index < -0.39 is 12.0 Å². The van der Waals surface area contributed by atoms with Crippen molar-refractivity contribution in [1.29, 1.82) is 0 Å². The van der Waals surface area contributed by atoms with Crippen molar-refractivity contribution in [3.05, 3.63) is 29.8 Å². The summed E-state index contributed by atoms with van der Waals surface area (Å²) in [4.78, 5) is 21.9. The van der Waals surface area contributed by atoms with Gasteiger partial charge in [0.25, 0.3) is 0 Å². The second kappa shape index (κ2) is 8.59. The van der Waals surface area contributed by atoms with E-state index in [-0.39, 0.29) is 0 Å². The number of amides is 1. The molecule has 0 radical (unpaired) electrons. The predicted octanol–water partition coefficient (Wildman–Crippen LogP) is 0.919. The number of carbonyl (C=O) groups is 2. The van der Waals surface area contributed by atoms with Crippen molar-refractivity contribution < 1.29 is 19.1 Å². The Hall–Kier alpha value is -2.48. The average molecular weight is 275 g/mol. The first kappa shape index (κ1) is 15.6. The number of esters is 1. The molecule has 1 aromatic carbocycles. The van der Waals surface area contributed by atoms with Gasteiger partial charge in [0.2, 0.25) is 6.41 Å². The van der Waals surface area contributed by atoms with Crippen molar-refractivity contribution >= 4 is 12.4 Å². The second-order valence-corrected chi connectivity index (χ2v) is 3.92. The third-order valence-electron chi connectivity index (χ3n) is 2.61. The molecule has 5 nitrogen and oxygen atoms in total. The fourth-order valence-corrected chi connectivity index (χ4v) is 1.58. The minimum absolute atomic E-state index is 0.341. The molecule has 5 heteroatoms. The molecule has 1 amide bonds. The Morgan fingerprint density at radius 3 is 2.65 bits per heavy atom. The molecule has 1 rings (SSSR count). The van der Waals surface area contributed by atoms with E-state index in [4.69, 9.17) is 4.74 Å². The summed E-state index contributed by atoms with van der Waals surface area (Å²) in [5.74, 6) is 5.77. The Balaban J connectivity index is 2.64. The molecular formula is C15H17NO4. The van der Waals surface area contributed by atoms with Crippen LogP contribution in [0.3, 0.4) is 0 Å². The maximum Gasteiger partial charge on any atom is 0.328 e. The summed E-state index contributed by atoms with van der Waals surface area (Å²) in [5, 5.41) is 2.43. The lowest BCUT2D eigenvalue weighted by Gasteiger charge is -2.13. The van der Waals surface area contributed by atoms with Gasteiger partial charge in [0.1, 0.15) is 18.4 Å². The third-order valence-corrected chi connectivity index (χ3v) is 2.61. The first-order chi connectivity index (χ1) is 9.71. The standard InChI is InChI=1S/C15H17NO4/c1-3-4-9-20-13-7-5-12(6-8-13)10-14(16-11-17)15(18)19-2/h5-8,11,14H,9-10H2,1-2H3,(H,16,17). The van der Waals surface area contributed by atoms with Gasteiger partial charge in [0.05, 0.1) is 7.11 Å². The Bertz CT molecular complexity index is 499. The smallest absolute Gasteiger partial charge is 0.328 e. The summed E-state index contributed by atoms with van der Waals surface area (Å²) in [6.45, 7) is 2.09. The normalized spacial score (nSPS) is 10.7. The van der Waals surface area contributed by atoms with Crippen LogP contribution in [0, 0.1) is 11.8 Å². The molecular weight excluding hydrogens is 258 g/mol. The molecule has 1 aromatic rings. The van der Waals surface area contributed by atoms with Gasteiger partial charge in [-0.1, -0.05) is 18.1 Å². The van der Waals surface area contributed by atoms with E-state index in [1.165, 1.54) is 7.11 Å². The molecule has 1 unspecified atom stereocenters. The molecule has 0 fully saturated rings. The SMILES string of the molecule is CC#CCOc1ccc(CC(NC=O)C(=O)OC)cc1. The summed E-state index contributed by atoms with van der Waals surface area (Å²) in [6, 6.07) is 6.56. The zero-order valence-electron chi connectivity index (χ0n) is 11.5. The average Bonchev–Trinajstić information content (AvgIpc) is 2.48. The van der Waals surface area contributed by atoms with Gasteiger partial charge in [0.15, 0.2) is 0 Å². The fraction of sp³-hybridized carbons (Fsp3) is 0.333. The molecule has 0 saturated carbocycles. The molecule has 0 saturated heterocycles. The number of methoxy groups -OCH3 is 1. The summed E-state index contributed by atoms with van der Waals surface area (Å²) in [6.07, 6.45) is 0.850. The highest BCUT2D eigenvalue weighted by atomic mass is 16.5. The van der Waals surface area contributed by atoms with E-state index in [2.05, 4.69) is 21.9 Å². The monoisotopic (exact) mass is 275 g/mol. The van der Waals surface area contributed by atoms with E-state index >= 15 is 0 Å². The molecule has 0 aliphatic carbocycles. The molecule has 0 spiro atoms. The van der Waals surface area contributed by atoms with Gasteiger partial charge < -0.3 is 14.8 Å². The van der Waals surface area contributed by atoms with E-state index in [0.717, 1.165) is 5.56 Å². The molecule has 1 atom stereocenters. The van der Waals surface area contributed by atoms with Crippen LogP contribution in [0.25, 0.3) is 0 Å². The zero-order valence-corrected chi connectivity index (χ0v) is 11.5. The van der Waals surface area contributed by atoms with Crippen LogP contribution in [-0.4, -0.2) is 32.1 Å². The zero-order chi connectivity index (χ0) is 14.8. The maximum atomic E-state index is 11.5. The van der Waals surface area contributed by atoms with Crippen LogP contribution < -0.4 is 10.1 Å². The lowest BCUT2D eigenvalue weighted by molar-refractivity contribution is -0.144. The van der Waals surface area contributed by atoms with Crippen LogP contribution in [0.15, 0.2) is 24.3 Å². The van der Waals surface area contributed by atoms with Crippen molar-refractivity contribution in [3.8, 4) is 17.6 Å². The van der Waals surface area contributed by atoms with Crippen LogP contribution in [0.4, 0.5) is 0 Å². The molecule has 0 aromatic heterocycles. The van der Waals surface area contributed by atoms with Crippen LogP contribution in [0.2, 0.25) is 0 Å². The Kier molecular flexibility index (Phi) is 6.69. The van der Waals surface area contributed by atoms with Crippen molar-refractivity contribution in [2.45, 2.75) is 19.4 Å².